The number of ether oxygens (including phenoxy) is 1. The van der Waals surface area contributed by atoms with E-state index in [4.69, 9.17) is 10.00 Å². The number of nitriles is 1. The Morgan fingerprint density at radius 1 is 1.24 bits per heavy atom. The van der Waals surface area contributed by atoms with Crippen LogP contribution in [0.3, 0.4) is 0 Å². The summed E-state index contributed by atoms with van der Waals surface area (Å²) in [4.78, 5) is 38.2. The zero-order valence-electron chi connectivity index (χ0n) is 13.6. The molecular weight excluding hydrogens is 324 g/mol. The first kappa shape index (κ1) is 16.5. The number of para-hydroxylation sites is 1. The lowest BCUT2D eigenvalue weighted by Crippen LogP contribution is -2.43. The maximum Gasteiger partial charge on any atom is 0.414 e. The minimum atomic E-state index is -0.675. The number of nitrogens with zero attached hydrogens (tertiary/aromatic N) is 4. The molecule has 0 bridgehead atoms. The number of aromatic nitrogens is 2. The second kappa shape index (κ2) is 6.65. The summed E-state index contributed by atoms with van der Waals surface area (Å²) in [5.41, 5.74) is -0.642. The third kappa shape index (κ3) is 3.04. The van der Waals surface area contributed by atoms with Crippen molar-refractivity contribution in [2.45, 2.75) is 26.1 Å². The summed E-state index contributed by atoms with van der Waals surface area (Å²) in [5.74, 6) is 0. The predicted molar refractivity (Wildman–Crippen MR) is 89.4 cm³/mol. The second-order valence-electron chi connectivity index (χ2n) is 5.59. The van der Waals surface area contributed by atoms with Crippen LogP contribution < -0.4 is 16.1 Å². The van der Waals surface area contributed by atoms with Crippen LogP contribution in [-0.2, 0) is 17.8 Å². The quantitative estimate of drug-likeness (QED) is 0.824. The number of carbonyl (C=O) groups is 1. The van der Waals surface area contributed by atoms with Gasteiger partial charge in [-0.25, -0.2) is 9.59 Å². The molecular formula is C17H16N4O4. The van der Waals surface area contributed by atoms with Crippen molar-refractivity contribution in [1.82, 2.24) is 9.13 Å². The molecule has 0 saturated carbocycles. The second-order valence-corrected chi connectivity index (χ2v) is 5.59. The summed E-state index contributed by atoms with van der Waals surface area (Å²) in [5, 5.41) is 9.08. The van der Waals surface area contributed by atoms with Gasteiger partial charge in [-0.2, -0.15) is 5.26 Å². The number of anilines is 1. The van der Waals surface area contributed by atoms with Gasteiger partial charge in [-0.3, -0.25) is 18.8 Å². The third-order valence-electron chi connectivity index (χ3n) is 4.03. The van der Waals surface area contributed by atoms with Crippen LogP contribution in [0.4, 0.5) is 10.5 Å². The van der Waals surface area contributed by atoms with Gasteiger partial charge < -0.3 is 4.74 Å². The molecule has 8 nitrogen and oxygen atoms in total. The van der Waals surface area contributed by atoms with Gasteiger partial charge in [-0.05, 0) is 19.1 Å². The van der Waals surface area contributed by atoms with Crippen LogP contribution in [0.2, 0.25) is 0 Å². The van der Waals surface area contributed by atoms with Crippen molar-refractivity contribution in [2.75, 3.05) is 11.4 Å². The summed E-state index contributed by atoms with van der Waals surface area (Å²) >= 11 is 0. The zero-order valence-corrected chi connectivity index (χ0v) is 13.6. The van der Waals surface area contributed by atoms with Crippen molar-refractivity contribution in [3.8, 4) is 6.07 Å². The van der Waals surface area contributed by atoms with Crippen molar-refractivity contribution >= 4 is 11.8 Å². The maximum absolute atomic E-state index is 12.4. The van der Waals surface area contributed by atoms with Gasteiger partial charge >= 0.3 is 11.8 Å². The highest BCUT2D eigenvalue weighted by Gasteiger charge is 2.33. The highest BCUT2D eigenvalue weighted by atomic mass is 16.6. The molecule has 1 amide bonds. The Bertz CT molecular complexity index is 955. The molecule has 2 aromatic rings. The van der Waals surface area contributed by atoms with Gasteiger partial charge in [0.05, 0.1) is 13.1 Å². The van der Waals surface area contributed by atoms with E-state index >= 15 is 0 Å². The predicted octanol–water partition coefficient (Wildman–Crippen LogP) is 0.927. The van der Waals surface area contributed by atoms with Crippen molar-refractivity contribution in [3.05, 3.63) is 62.9 Å². The van der Waals surface area contributed by atoms with Crippen LogP contribution in [0.25, 0.3) is 0 Å². The van der Waals surface area contributed by atoms with E-state index in [1.807, 2.05) is 6.07 Å². The Hall–Kier alpha value is -3.34. The van der Waals surface area contributed by atoms with E-state index in [0.717, 1.165) is 4.57 Å². The summed E-state index contributed by atoms with van der Waals surface area (Å²) in [7, 11) is 0. The zero-order chi connectivity index (χ0) is 18.0. The SMILES string of the molecule is CCn1cc(C#N)c(=O)n(C[C@@H]2CN(c3ccccc3)C(=O)O2)c1=O. The topological polar surface area (TPSA) is 97.3 Å². The first-order chi connectivity index (χ1) is 12.0. The minimum absolute atomic E-state index is 0.0950. The molecule has 2 heterocycles. The van der Waals surface area contributed by atoms with E-state index in [9.17, 15) is 14.4 Å². The Balaban J connectivity index is 1.89. The summed E-state index contributed by atoms with van der Waals surface area (Å²) in [6.07, 6.45) is 0.0619. The monoisotopic (exact) mass is 340 g/mol. The van der Waals surface area contributed by atoms with Gasteiger partial charge in [0.25, 0.3) is 5.56 Å². The highest BCUT2D eigenvalue weighted by molar-refractivity contribution is 5.89. The van der Waals surface area contributed by atoms with Crippen molar-refractivity contribution in [3.63, 3.8) is 0 Å². The molecule has 1 atom stereocenters. The molecule has 0 spiro atoms. The van der Waals surface area contributed by atoms with E-state index < -0.39 is 23.4 Å². The van der Waals surface area contributed by atoms with E-state index in [1.165, 1.54) is 15.7 Å². The number of hydrogen-bond acceptors (Lipinski definition) is 5. The molecule has 1 aromatic heterocycles. The van der Waals surface area contributed by atoms with E-state index in [1.54, 1.807) is 37.3 Å². The lowest BCUT2D eigenvalue weighted by atomic mass is 10.2. The first-order valence-corrected chi connectivity index (χ1v) is 7.82. The Labute approximate surface area is 143 Å². The molecule has 8 heteroatoms. The molecule has 0 unspecified atom stereocenters. The molecule has 1 aliphatic rings. The largest absolute Gasteiger partial charge is 0.442 e. The molecule has 128 valence electrons. The molecule has 0 aliphatic carbocycles. The van der Waals surface area contributed by atoms with Gasteiger partial charge in [0.15, 0.2) is 0 Å². The van der Waals surface area contributed by atoms with E-state index in [2.05, 4.69) is 0 Å². The molecule has 1 fully saturated rings. The number of hydrogen-bond donors (Lipinski definition) is 0. The van der Waals surface area contributed by atoms with E-state index in [-0.39, 0.29) is 18.7 Å². The van der Waals surface area contributed by atoms with Gasteiger partial charge in [-0.15, -0.1) is 0 Å². The van der Waals surface area contributed by atoms with Gasteiger partial charge in [-0.1, -0.05) is 18.2 Å². The molecule has 25 heavy (non-hydrogen) atoms. The average Bonchev–Trinajstić information content (AvgIpc) is 3.00. The number of carbonyl (C=O) groups excluding carboxylic acids is 1. The fourth-order valence-corrected chi connectivity index (χ4v) is 2.76. The number of aryl methyl sites for hydroxylation is 1. The van der Waals surface area contributed by atoms with Crippen LogP contribution in [-0.4, -0.2) is 27.9 Å². The smallest absolute Gasteiger partial charge is 0.414 e. The number of cyclic esters (lactones) is 1. The fraction of sp³-hybridized carbons (Fsp3) is 0.294. The first-order valence-electron chi connectivity index (χ1n) is 7.82. The normalized spacial score (nSPS) is 16.6. The molecule has 1 aromatic carbocycles. The summed E-state index contributed by atoms with van der Waals surface area (Å²) < 4.78 is 7.52. The van der Waals surface area contributed by atoms with Crippen LogP contribution in [0.5, 0.6) is 0 Å². The Morgan fingerprint density at radius 2 is 1.96 bits per heavy atom. The minimum Gasteiger partial charge on any atom is -0.442 e. The number of amides is 1. The van der Waals surface area contributed by atoms with Crippen molar-refractivity contribution in [2.24, 2.45) is 0 Å². The average molecular weight is 340 g/mol. The van der Waals surface area contributed by atoms with Crippen molar-refractivity contribution in [1.29, 1.82) is 5.26 Å². The molecule has 1 aliphatic heterocycles. The fourth-order valence-electron chi connectivity index (χ4n) is 2.76. The lowest BCUT2D eigenvalue weighted by Gasteiger charge is -2.13. The molecule has 0 N–H and O–H groups in total. The summed E-state index contributed by atoms with van der Waals surface area (Å²) in [6, 6.07) is 10.8. The lowest BCUT2D eigenvalue weighted by molar-refractivity contribution is 0.130. The van der Waals surface area contributed by atoms with Gasteiger partial charge in [0, 0.05) is 18.4 Å². The Kier molecular flexibility index (Phi) is 4.39. The number of rotatable bonds is 4. The summed E-state index contributed by atoms with van der Waals surface area (Å²) in [6.45, 7) is 2.19. The molecule has 1 saturated heterocycles. The van der Waals surface area contributed by atoms with Crippen LogP contribution >= 0.6 is 0 Å². The van der Waals surface area contributed by atoms with Crippen LogP contribution in [0, 0.1) is 11.3 Å². The maximum atomic E-state index is 12.4. The standard InChI is InChI=1S/C17H16N4O4/c1-2-19-9-12(8-18)15(22)21(16(19)23)11-14-10-20(17(24)25-14)13-6-4-3-5-7-13/h3-7,9,14H,2,10-11H2,1H3/t14-/m0/s1. The van der Waals surface area contributed by atoms with Gasteiger partial charge in [0.2, 0.25) is 0 Å². The van der Waals surface area contributed by atoms with Crippen LogP contribution in [0.1, 0.15) is 12.5 Å². The number of benzene rings is 1. The Morgan fingerprint density at radius 3 is 2.60 bits per heavy atom. The highest BCUT2D eigenvalue weighted by Crippen LogP contribution is 2.21. The van der Waals surface area contributed by atoms with Gasteiger partial charge in [0.1, 0.15) is 17.7 Å². The third-order valence-corrected chi connectivity index (χ3v) is 4.03. The van der Waals surface area contributed by atoms with Crippen LogP contribution in [0.15, 0.2) is 46.1 Å². The molecule has 0 radical (unpaired) electrons. The van der Waals surface area contributed by atoms with Crippen molar-refractivity contribution < 1.29 is 9.53 Å². The molecule has 3 rings (SSSR count). The van der Waals surface area contributed by atoms with E-state index in [0.29, 0.717) is 12.2 Å².